The second-order valence-corrected chi connectivity index (χ2v) is 11.1. The van der Waals surface area contributed by atoms with E-state index in [1.54, 1.807) is 7.11 Å². The Labute approximate surface area is 214 Å². The van der Waals surface area contributed by atoms with Gasteiger partial charge < -0.3 is 15.0 Å². The van der Waals surface area contributed by atoms with Crippen LogP contribution in [-0.2, 0) is 16.4 Å². The molecule has 190 valence electrons. The molecule has 0 aliphatic carbocycles. The summed E-state index contributed by atoms with van der Waals surface area (Å²) >= 11 is 1.51. The number of nitrogens with one attached hydrogen (secondary N) is 3. The molecule has 0 fully saturated rings. The molecule has 0 unspecified atom stereocenters. The van der Waals surface area contributed by atoms with E-state index in [2.05, 4.69) is 31.9 Å². The van der Waals surface area contributed by atoms with E-state index in [1.807, 2.05) is 36.7 Å². The van der Waals surface area contributed by atoms with Gasteiger partial charge in [0.15, 0.2) is 5.13 Å². The van der Waals surface area contributed by atoms with E-state index in [-0.39, 0.29) is 17.4 Å². The van der Waals surface area contributed by atoms with Crippen LogP contribution < -0.4 is 14.8 Å². The number of anilines is 2. The van der Waals surface area contributed by atoms with Crippen LogP contribution in [0.5, 0.6) is 5.75 Å². The smallest absolute Gasteiger partial charge is 0.240 e. The van der Waals surface area contributed by atoms with Crippen molar-refractivity contribution in [3.8, 4) is 17.1 Å². The summed E-state index contributed by atoms with van der Waals surface area (Å²) in [5.41, 5.74) is 3.57. The van der Waals surface area contributed by atoms with E-state index in [4.69, 9.17) is 4.74 Å². The van der Waals surface area contributed by atoms with Gasteiger partial charge in [0, 0.05) is 29.9 Å². The Bertz CT molecular complexity index is 1420. The third-order valence-electron chi connectivity index (χ3n) is 5.58. The fourth-order valence-electron chi connectivity index (χ4n) is 3.69. The van der Waals surface area contributed by atoms with Crippen molar-refractivity contribution in [2.24, 2.45) is 5.92 Å². The van der Waals surface area contributed by atoms with Crippen LogP contribution in [0.3, 0.4) is 0 Å². The maximum atomic E-state index is 13.0. The normalized spacial score (nSPS) is 12.4. The highest BCUT2D eigenvalue weighted by atomic mass is 32.2. The molecule has 0 radical (unpaired) electrons. The van der Waals surface area contributed by atoms with Crippen LogP contribution in [-0.4, -0.2) is 37.0 Å². The molecule has 0 aliphatic heterocycles. The monoisotopic (exact) mass is 529 g/mol. The number of aromatic nitrogens is 3. The second kappa shape index (κ2) is 11.2. The lowest BCUT2D eigenvalue weighted by Gasteiger charge is -2.11. The number of sulfonamides is 1. The molecule has 2 heterocycles. The highest BCUT2D eigenvalue weighted by Gasteiger charge is 2.15. The molecular weight excluding hydrogens is 501 g/mol. The van der Waals surface area contributed by atoms with Gasteiger partial charge in [-0.25, -0.2) is 27.5 Å². The zero-order chi connectivity index (χ0) is 25.7. The number of H-pyrrole nitrogens is 1. The van der Waals surface area contributed by atoms with Crippen LogP contribution in [0.15, 0.2) is 58.9 Å². The first-order valence-electron chi connectivity index (χ1n) is 11.4. The summed E-state index contributed by atoms with van der Waals surface area (Å²) in [6, 6.07) is 10.6. The number of aryl methyl sites for hydroxylation is 1. The van der Waals surface area contributed by atoms with Gasteiger partial charge in [0.2, 0.25) is 10.0 Å². The average Bonchev–Trinajstić information content (AvgIpc) is 3.47. The molecule has 0 bridgehead atoms. The number of aromatic amines is 1. The number of halogens is 1. The summed E-state index contributed by atoms with van der Waals surface area (Å²) in [5, 5.41) is 6.08. The van der Waals surface area contributed by atoms with Gasteiger partial charge in [0.25, 0.3) is 0 Å². The van der Waals surface area contributed by atoms with Gasteiger partial charge in [-0.05, 0) is 62.1 Å². The second-order valence-electron chi connectivity index (χ2n) is 8.52. The van der Waals surface area contributed by atoms with Crippen LogP contribution in [0.1, 0.15) is 24.7 Å². The average molecular weight is 530 g/mol. The zero-order valence-electron chi connectivity index (χ0n) is 20.2. The van der Waals surface area contributed by atoms with Crippen molar-refractivity contribution in [1.82, 2.24) is 19.7 Å². The Morgan fingerprint density at radius 1 is 1.17 bits per heavy atom. The molecule has 4 aromatic rings. The molecule has 0 saturated carbocycles. The van der Waals surface area contributed by atoms with E-state index >= 15 is 0 Å². The quantitative estimate of drug-likeness (QED) is 0.244. The molecule has 36 heavy (non-hydrogen) atoms. The molecular formula is C25H28FN5O3S2. The number of imidazole rings is 1. The van der Waals surface area contributed by atoms with Crippen molar-refractivity contribution in [2.75, 3.05) is 19.0 Å². The number of nitrogens with zero attached hydrogens (tertiary/aromatic N) is 2. The lowest BCUT2D eigenvalue weighted by Crippen LogP contribution is -2.26. The van der Waals surface area contributed by atoms with Gasteiger partial charge >= 0.3 is 0 Å². The molecule has 2 aromatic heterocycles. The SMILES string of the molecule is COc1cc(Nc2nc(C[C@@H](C)CCNS(=O)(=O)c3ccc(F)cc3)cs2)ccc1-c1nc(C)c[nH]1. The summed E-state index contributed by atoms with van der Waals surface area (Å²) in [6.07, 6.45) is 3.21. The first-order valence-corrected chi connectivity index (χ1v) is 13.8. The number of hydrogen-bond acceptors (Lipinski definition) is 7. The molecule has 4 rings (SSSR count). The molecule has 0 saturated heterocycles. The predicted molar refractivity (Wildman–Crippen MR) is 140 cm³/mol. The highest BCUT2D eigenvalue weighted by molar-refractivity contribution is 7.89. The summed E-state index contributed by atoms with van der Waals surface area (Å²) in [7, 11) is -2.03. The number of hydrogen-bond donors (Lipinski definition) is 3. The van der Waals surface area contributed by atoms with E-state index < -0.39 is 15.8 Å². The molecule has 11 heteroatoms. The number of benzene rings is 2. The number of thiazole rings is 1. The number of methoxy groups -OCH3 is 1. The molecule has 3 N–H and O–H groups in total. The summed E-state index contributed by atoms with van der Waals surface area (Å²) in [6.45, 7) is 4.27. The maximum Gasteiger partial charge on any atom is 0.240 e. The van der Waals surface area contributed by atoms with Crippen LogP contribution in [0.25, 0.3) is 11.4 Å². The number of rotatable bonds is 11. The third kappa shape index (κ3) is 6.48. The minimum atomic E-state index is -3.66. The number of ether oxygens (including phenoxy) is 1. The van der Waals surface area contributed by atoms with Crippen molar-refractivity contribution < 1.29 is 17.5 Å². The summed E-state index contributed by atoms with van der Waals surface area (Å²) < 4.78 is 45.9. The standard InChI is InChI=1S/C25H28FN5O3S2/c1-16(10-11-28-36(32,33)21-7-4-18(26)5-8-21)12-20-15-35-25(31-20)30-19-6-9-22(23(13-19)34-3)24-27-14-17(2)29-24/h4-9,13-16,28H,10-12H2,1-3H3,(H,27,29)(H,30,31)/t16-/m0/s1. The fraction of sp³-hybridized carbons (Fsp3) is 0.280. The molecule has 2 aromatic carbocycles. The van der Waals surface area contributed by atoms with Gasteiger partial charge in [0.05, 0.1) is 29.0 Å². The van der Waals surface area contributed by atoms with Crippen molar-refractivity contribution in [3.05, 3.63) is 71.2 Å². The van der Waals surface area contributed by atoms with Crippen molar-refractivity contribution in [3.63, 3.8) is 0 Å². The Morgan fingerprint density at radius 3 is 2.64 bits per heavy atom. The predicted octanol–water partition coefficient (Wildman–Crippen LogP) is 5.28. The summed E-state index contributed by atoms with van der Waals surface area (Å²) in [4.78, 5) is 12.3. The van der Waals surface area contributed by atoms with Crippen LogP contribution in [0.4, 0.5) is 15.2 Å². The Balaban J connectivity index is 1.30. The van der Waals surface area contributed by atoms with Gasteiger partial charge in [-0.15, -0.1) is 11.3 Å². The zero-order valence-corrected chi connectivity index (χ0v) is 21.8. The first kappa shape index (κ1) is 25.8. The summed E-state index contributed by atoms with van der Waals surface area (Å²) in [5.74, 6) is 1.19. The van der Waals surface area contributed by atoms with Crippen molar-refractivity contribution >= 4 is 32.2 Å². The minimum Gasteiger partial charge on any atom is -0.496 e. The van der Waals surface area contributed by atoms with Crippen molar-refractivity contribution in [2.45, 2.75) is 31.6 Å². The maximum absolute atomic E-state index is 13.0. The van der Waals surface area contributed by atoms with E-state index in [0.717, 1.165) is 52.1 Å². The van der Waals surface area contributed by atoms with Crippen molar-refractivity contribution in [1.29, 1.82) is 0 Å². The molecule has 8 nitrogen and oxygen atoms in total. The van der Waals surface area contributed by atoms with E-state index in [0.29, 0.717) is 12.2 Å². The topological polar surface area (TPSA) is 109 Å². The Hall–Kier alpha value is -3.28. The van der Waals surface area contributed by atoms with Crippen LogP contribution in [0.2, 0.25) is 0 Å². The molecule has 0 spiro atoms. The van der Waals surface area contributed by atoms with Gasteiger partial charge in [-0.1, -0.05) is 6.92 Å². The minimum absolute atomic E-state index is 0.0516. The molecule has 0 aliphatic rings. The Morgan fingerprint density at radius 2 is 1.94 bits per heavy atom. The van der Waals surface area contributed by atoms with Crippen LogP contribution >= 0.6 is 11.3 Å². The van der Waals surface area contributed by atoms with Gasteiger partial charge in [-0.2, -0.15) is 0 Å². The third-order valence-corrected chi connectivity index (χ3v) is 7.86. The molecule has 0 amide bonds. The first-order chi connectivity index (χ1) is 17.2. The fourth-order valence-corrected chi connectivity index (χ4v) is 5.48. The van der Waals surface area contributed by atoms with Crippen LogP contribution in [0, 0.1) is 18.7 Å². The highest BCUT2D eigenvalue weighted by Crippen LogP contribution is 2.32. The van der Waals surface area contributed by atoms with Gasteiger partial charge in [-0.3, -0.25) is 0 Å². The van der Waals surface area contributed by atoms with Gasteiger partial charge in [0.1, 0.15) is 17.4 Å². The largest absolute Gasteiger partial charge is 0.496 e. The van der Waals surface area contributed by atoms with E-state index in [9.17, 15) is 12.8 Å². The molecule has 1 atom stereocenters. The Kier molecular flexibility index (Phi) is 8.02. The lowest BCUT2D eigenvalue weighted by molar-refractivity contribution is 0.416. The lowest BCUT2D eigenvalue weighted by atomic mass is 10.0. The van der Waals surface area contributed by atoms with E-state index in [1.165, 1.54) is 23.5 Å².